The van der Waals surface area contributed by atoms with Crippen LogP contribution in [0, 0.1) is 23.7 Å². The monoisotopic (exact) mass is 432 g/mol. The van der Waals surface area contributed by atoms with Gasteiger partial charge in [-0.3, -0.25) is 9.59 Å². The fourth-order valence-corrected chi connectivity index (χ4v) is 4.47. The zero-order valence-electron chi connectivity index (χ0n) is 16.7. The van der Waals surface area contributed by atoms with Gasteiger partial charge in [0.25, 0.3) is 0 Å². The fourth-order valence-electron chi connectivity index (χ4n) is 4.47. The third kappa shape index (κ3) is 3.71. The maximum atomic E-state index is 14.3. The van der Waals surface area contributed by atoms with E-state index in [2.05, 4.69) is 4.74 Å². The lowest BCUT2D eigenvalue weighted by Gasteiger charge is -2.51. The van der Waals surface area contributed by atoms with E-state index in [9.17, 15) is 35.9 Å². The van der Waals surface area contributed by atoms with Gasteiger partial charge in [0.05, 0.1) is 11.8 Å². The van der Waals surface area contributed by atoms with Crippen molar-refractivity contribution in [1.82, 2.24) is 0 Å². The van der Waals surface area contributed by atoms with Crippen LogP contribution < -0.4 is 0 Å². The molecule has 0 N–H and O–H groups in total. The Labute approximate surface area is 165 Å². The molecule has 0 heterocycles. The van der Waals surface area contributed by atoms with Crippen LogP contribution in [0.3, 0.4) is 0 Å². The molecule has 4 nitrogen and oxygen atoms in total. The van der Waals surface area contributed by atoms with E-state index in [1.165, 1.54) is 6.92 Å². The van der Waals surface area contributed by atoms with Crippen molar-refractivity contribution >= 4 is 11.9 Å². The Balaban J connectivity index is 2.74. The molecule has 0 aromatic carbocycles. The number of carbonyl (C=O) groups excluding carboxylic acids is 2. The van der Waals surface area contributed by atoms with Gasteiger partial charge in [0.1, 0.15) is 0 Å². The average Bonchev–Trinajstić information content (AvgIpc) is 3.17. The Bertz CT molecular complexity index is 628. The molecule has 168 valence electrons. The number of carbonyl (C=O) groups is 2. The summed E-state index contributed by atoms with van der Waals surface area (Å²) in [5.74, 6) is -6.61. The predicted molar refractivity (Wildman–Crippen MR) is 89.5 cm³/mol. The molecule has 0 aliphatic heterocycles. The highest BCUT2D eigenvalue weighted by molar-refractivity contribution is 5.74. The number of esters is 2. The summed E-state index contributed by atoms with van der Waals surface area (Å²) in [4.78, 5) is 24.5. The fraction of sp³-hybridized carbons (Fsp3) is 0.895. The molecule has 2 aliphatic carbocycles. The van der Waals surface area contributed by atoms with Crippen molar-refractivity contribution in [2.75, 3.05) is 0 Å². The molecule has 2 fully saturated rings. The second-order valence-corrected chi connectivity index (χ2v) is 8.45. The molecule has 29 heavy (non-hydrogen) atoms. The molecule has 2 saturated carbocycles. The van der Waals surface area contributed by atoms with Gasteiger partial charge in [-0.1, -0.05) is 27.7 Å². The van der Waals surface area contributed by atoms with E-state index in [0.29, 0.717) is 6.42 Å². The Morgan fingerprint density at radius 1 is 1.00 bits per heavy atom. The number of ether oxygens (including phenoxy) is 2. The first-order valence-electron chi connectivity index (χ1n) is 9.72. The molecule has 10 heteroatoms. The van der Waals surface area contributed by atoms with E-state index in [1.807, 2.05) is 0 Å². The van der Waals surface area contributed by atoms with Crippen molar-refractivity contribution in [3.05, 3.63) is 0 Å². The van der Waals surface area contributed by atoms with Crippen LogP contribution in [0.15, 0.2) is 0 Å². The van der Waals surface area contributed by atoms with Crippen molar-refractivity contribution in [2.24, 2.45) is 23.7 Å². The maximum Gasteiger partial charge on any atom is 0.441 e. The highest BCUT2D eigenvalue weighted by Crippen LogP contribution is 2.65. The molecule has 2 aliphatic rings. The zero-order valence-corrected chi connectivity index (χ0v) is 16.7. The number of rotatable bonds is 6. The Morgan fingerprint density at radius 2 is 1.55 bits per heavy atom. The standard InChI is InChI=1S/C19H26F6O4/c1-5-11(4)15(27)28-16(9-12-6-7-13(16)8-12)17(18(20,21)22,19(23,24)25)29-14(26)10(2)3/h10-13H,5-9H2,1-4H3. The minimum Gasteiger partial charge on any atom is -0.453 e. The van der Waals surface area contributed by atoms with Gasteiger partial charge < -0.3 is 9.47 Å². The summed E-state index contributed by atoms with van der Waals surface area (Å²) in [7, 11) is 0. The molecule has 0 aromatic heterocycles. The summed E-state index contributed by atoms with van der Waals surface area (Å²) in [6.45, 7) is 5.21. The molecule has 0 aromatic rings. The minimum atomic E-state index is -6.03. The number of fused-ring (bicyclic) bond motifs is 2. The van der Waals surface area contributed by atoms with E-state index in [4.69, 9.17) is 4.74 Å². The van der Waals surface area contributed by atoms with Gasteiger partial charge in [-0.05, 0) is 38.0 Å². The third-order valence-corrected chi connectivity index (χ3v) is 6.21. The van der Waals surface area contributed by atoms with Crippen LogP contribution in [0.5, 0.6) is 0 Å². The van der Waals surface area contributed by atoms with Crippen molar-refractivity contribution < 1.29 is 45.4 Å². The molecule has 0 saturated heterocycles. The SMILES string of the molecule is CCC(C)C(=O)OC1(C(OC(=O)C(C)C)(C(F)(F)F)C(F)(F)F)CC2CCC1C2. The van der Waals surface area contributed by atoms with Gasteiger partial charge >= 0.3 is 29.9 Å². The quantitative estimate of drug-likeness (QED) is 0.428. The van der Waals surface area contributed by atoms with Crippen LogP contribution >= 0.6 is 0 Å². The first-order valence-corrected chi connectivity index (χ1v) is 9.72. The summed E-state index contributed by atoms with van der Waals surface area (Å²) in [5, 5.41) is 0. The predicted octanol–water partition coefficient (Wildman–Crippen LogP) is 5.20. The number of hydrogen-bond donors (Lipinski definition) is 0. The first-order chi connectivity index (χ1) is 13.1. The summed E-state index contributed by atoms with van der Waals surface area (Å²) in [5.41, 5.74) is -7.95. The lowest BCUT2D eigenvalue weighted by Crippen LogP contribution is -2.75. The summed E-state index contributed by atoms with van der Waals surface area (Å²) in [6, 6.07) is 0. The lowest BCUT2D eigenvalue weighted by molar-refractivity contribution is -0.419. The van der Waals surface area contributed by atoms with Gasteiger partial charge in [-0.25, -0.2) is 0 Å². The molecule has 2 rings (SSSR count). The average molecular weight is 432 g/mol. The number of hydrogen-bond acceptors (Lipinski definition) is 4. The second kappa shape index (κ2) is 7.65. The second-order valence-electron chi connectivity index (χ2n) is 8.45. The van der Waals surface area contributed by atoms with Crippen molar-refractivity contribution in [2.45, 2.75) is 83.4 Å². The molecule has 0 amide bonds. The minimum absolute atomic E-state index is 0.0333. The Kier molecular flexibility index (Phi) is 6.28. The van der Waals surface area contributed by atoms with Crippen molar-refractivity contribution in [1.29, 1.82) is 0 Å². The van der Waals surface area contributed by atoms with Gasteiger partial charge in [0.2, 0.25) is 0 Å². The topological polar surface area (TPSA) is 52.6 Å². The normalized spacial score (nSPS) is 28.5. The number of alkyl halides is 6. The third-order valence-electron chi connectivity index (χ3n) is 6.21. The van der Waals surface area contributed by atoms with Gasteiger partial charge in [-0.15, -0.1) is 0 Å². The van der Waals surface area contributed by atoms with Crippen LogP contribution in [0.2, 0.25) is 0 Å². The summed E-state index contributed by atoms with van der Waals surface area (Å²) in [6.07, 6.45) is -12.0. The summed E-state index contributed by atoms with van der Waals surface area (Å²) < 4.78 is 95.0. The smallest absolute Gasteiger partial charge is 0.441 e. The maximum absolute atomic E-state index is 14.3. The van der Waals surface area contributed by atoms with E-state index < -0.39 is 65.6 Å². The van der Waals surface area contributed by atoms with Crippen molar-refractivity contribution in [3.63, 3.8) is 0 Å². The number of halogens is 6. The van der Waals surface area contributed by atoms with Crippen LogP contribution in [0.1, 0.15) is 59.8 Å². The summed E-state index contributed by atoms with van der Waals surface area (Å²) >= 11 is 0. The first kappa shape index (κ1) is 23.8. The Hall–Kier alpha value is -1.48. The molecule has 2 bridgehead atoms. The van der Waals surface area contributed by atoms with Gasteiger partial charge in [-0.2, -0.15) is 26.3 Å². The lowest BCUT2D eigenvalue weighted by atomic mass is 9.70. The van der Waals surface area contributed by atoms with E-state index >= 15 is 0 Å². The van der Waals surface area contributed by atoms with Gasteiger partial charge in [0.15, 0.2) is 5.60 Å². The molecular formula is C19H26F6O4. The van der Waals surface area contributed by atoms with E-state index in [1.54, 1.807) is 6.92 Å². The Morgan fingerprint density at radius 3 is 1.90 bits per heavy atom. The molecule has 0 spiro atoms. The largest absolute Gasteiger partial charge is 0.453 e. The van der Waals surface area contributed by atoms with E-state index in [-0.39, 0.29) is 19.3 Å². The molecule has 4 unspecified atom stereocenters. The van der Waals surface area contributed by atoms with Crippen LogP contribution in [-0.2, 0) is 19.1 Å². The van der Waals surface area contributed by atoms with Crippen LogP contribution in [-0.4, -0.2) is 35.5 Å². The van der Waals surface area contributed by atoms with Crippen LogP contribution in [0.4, 0.5) is 26.3 Å². The van der Waals surface area contributed by atoms with Crippen LogP contribution in [0.25, 0.3) is 0 Å². The zero-order chi connectivity index (χ0) is 22.4. The molecular weight excluding hydrogens is 406 g/mol. The van der Waals surface area contributed by atoms with Crippen molar-refractivity contribution in [3.8, 4) is 0 Å². The highest BCUT2D eigenvalue weighted by atomic mass is 19.4. The van der Waals surface area contributed by atoms with E-state index in [0.717, 1.165) is 13.8 Å². The molecule has 4 atom stereocenters. The highest BCUT2D eigenvalue weighted by Gasteiger charge is 2.87. The molecule has 0 radical (unpaired) electrons. The van der Waals surface area contributed by atoms with Gasteiger partial charge in [0, 0.05) is 5.92 Å².